The van der Waals surface area contributed by atoms with Gasteiger partial charge in [-0.2, -0.15) is 0 Å². The van der Waals surface area contributed by atoms with Crippen LogP contribution in [0.5, 0.6) is 17.2 Å². The molecule has 0 spiro atoms. The first-order valence-electron chi connectivity index (χ1n) is 7.30. The third kappa shape index (κ3) is 3.11. The molecule has 0 aromatic heterocycles. The topological polar surface area (TPSA) is 77.8 Å². The molecule has 3 aromatic carbocycles. The van der Waals surface area contributed by atoms with E-state index in [9.17, 15) is 20.1 Å². The van der Waals surface area contributed by atoms with Gasteiger partial charge in [-0.05, 0) is 34.9 Å². The van der Waals surface area contributed by atoms with Crippen molar-refractivity contribution in [3.8, 4) is 17.2 Å². The molecule has 0 unspecified atom stereocenters. The SMILES string of the molecule is O=C(CCc1ccc2ccccc2c1)c1cc(O)c(O)c(O)c1. The van der Waals surface area contributed by atoms with Gasteiger partial charge >= 0.3 is 0 Å². The standard InChI is InChI=1S/C19H16O4/c20-16(15-10-17(21)19(23)18(22)11-15)8-6-12-5-7-13-3-1-2-4-14(13)9-12/h1-5,7,9-11,21-23H,6,8H2. The van der Waals surface area contributed by atoms with Gasteiger partial charge in [-0.1, -0.05) is 42.5 Å². The third-order valence-corrected chi connectivity index (χ3v) is 3.85. The largest absolute Gasteiger partial charge is 0.504 e. The van der Waals surface area contributed by atoms with E-state index < -0.39 is 17.2 Å². The van der Waals surface area contributed by atoms with Crippen LogP contribution in [0.4, 0.5) is 0 Å². The second-order valence-electron chi connectivity index (χ2n) is 5.47. The van der Waals surface area contributed by atoms with Crippen molar-refractivity contribution in [2.24, 2.45) is 0 Å². The number of carbonyl (C=O) groups excluding carboxylic acids is 1. The first kappa shape index (κ1) is 14.9. The highest BCUT2D eigenvalue weighted by Crippen LogP contribution is 2.35. The van der Waals surface area contributed by atoms with Crippen LogP contribution in [-0.2, 0) is 6.42 Å². The fourth-order valence-electron chi connectivity index (χ4n) is 2.56. The van der Waals surface area contributed by atoms with E-state index in [2.05, 4.69) is 0 Å². The summed E-state index contributed by atoms with van der Waals surface area (Å²) >= 11 is 0. The van der Waals surface area contributed by atoms with Crippen molar-refractivity contribution < 1.29 is 20.1 Å². The summed E-state index contributed by atoms with van der Waals surface area (Å²) in [6.45, 7) is 0. The predicted octanol–water partition coefficient (Wildman–Crippen LogP) is 3.77. The number of fused-ring (bicyclic) bond motifs is 1. The fraction of sp³-hybridized carbons (Fsp3) is 0.105. The Kier molecular flexibility index (Phi) is 3.89. The second-order valence-corrected chi connectivity index (χ2v) is 5.47. The summed E-state index contributed by atoms with van der Waals surface area (Å²) in [5, 5.41) is 30.5. The average molecular weight is 308 g/mol. The summed E-state index contributed by atoms with van der Waals surface area (Å²) < 4.78 is 0. The van der Waals surface area contributed by atoms with Crippen LogP contribution in [0.1, 0.15) is 22.3 Å². The Morgan fingerprint density at radius 2 is 1.48 bits per heavy atom. The van der Waals surface area contributed by atoms with Gasteiger partial charge in [-0.3, -0.25) is 4.79 Å². The van der Waals surface area contributed by atoms with Crippen molar-refractivity contribution in [1.82, 2.24) is 0 Å². The van der Waals surface area contributed by atoms with Crippen molar-refractivity contribution in [2.75, 3.05) is 0 Å². The average Bonchev–Trinajstić information content (AvgIpc) is 2.56. The van der Waals surface area contributed by atoms with E-state index >= 15 is 0 Å². The molecule has 116 valence electrons. The fourth-order valence-corrected chi connectivity index (χ4v) is 2.56. The molecule has 3 aromatic rings. The molecule has 0 aliphatic rings. The molecule has 0 radical (unpaired) electrons. The van der Waals surface area contributed by atoms with Gasteiger partial charge in [0.25, 0.3) is 0 Å². The van der Waals surface area contributed by atoms with E-state index in [1.54, 1.807) is 0 Å². The molecule has 0 saturated heterocycles. The Balaban J connectivity index is 1.75. The van der Waals surface area contributed by atoms with E-state index in [0.29, 0.717) is 6.42 Å². The van der Waals surface area contributed by atoms with Gasteiger partial charge in [0, 0.05) is 12.0 Å². The number of rotatable bonds is 4. The monoisotopic (exact) mass is 308 g/mol. The Labute approximate surface area is 133 Å². The number of phenols is 3. The first-order valence-corrected chi connectivity index (χ1v) is 7.30. The second kappa shape index (κ2) is 6.01. The highest BCUT2D eigenvalue weighted by atomic mass is 16.3. The van der Waals surface area contributed by atoms with Crippen LogP contribution >= 0.6 is 0 Å². The first-order chi connectivity index (χ1) is 11.0. The number of Topliss-reactive ketones (excluding diaryl/α,β-unsaturated/α-hetero) is 1. The van der Waals surface area contributed by atoms with E-state index in [1.165, 1.54) is 0 Å². The molecule has 0 amide bonds. The van der Waals surface area contributed by atoms with Crippen LogP contribution in [0, 0.1) is 0 Å². The number of aromatic hydroxyl groups is 3. The molecule has 4 nitrogen and oxygen atoms in total. The Hall–Kier alpha value is -3.01. The summed E-state index contributed by atoms with van der Waals surface area (Å²) in [5.74, 6) is -1.82. The van der Waals surface area contributed by atoms with E-state index in [-0.39, 0.29) is 17.8 Å². The summed E-state index contributed by atoms with van der Waals surface area (Å²) in [5.41, 5.74) is 1.22. The van der Waals surface area contributed by atoms with Gasteiger partial charge in [0.15, 0.2) is 23.0 Å². The Bertz CT molecular complexity index is 860. The minimum atomic E-state index is -0.615. The lowest BCUT2D eigenvalue weighted by Crippen LogP contribution is -2.01. The number of ketones is 1. The number of carbonyl (C=O) groups is 1. The quantitative estimate of drug-likeness (QED) is 0.506. The van der Waals surface area contributed by atoms with Crippen LogP contribution in [-0.4, -0.2) is 21.1 Å². The Morgan fingerprint density at radius 3 is 2.17 bits per heavy atom. The minimum Gasteiger partial charge on any atom is -0.504 e. The zero-order chi connectivity index (χ0) is 16.4. The molecule has 23 heavy (non-hydrogen) atoms. The molecule has 3 N–H and O–H groups in total. The number of hydrogen-bond acceptors (Lipinski definition) is 4. The van der Waals surface area contributed by atoms with Crippen molar-refractivity contribution >= 4 is 16.6 Å². The van der Waals surface area contributed by atoms with Gasteiger partial charge < -0.3 is 15.3 Å². The van der Waals surface area contributed by atoms with Crippen LogP contribution in [0.25, 0.3) is 10.8 Å². The van der Waals surface area contributed by atoms with Gasteiger partial charge in [0.2, 0.25) is 0 Å². The maximum Gasteiger partial charge on any atom is 0.200 e. The molecule has 0 heterocycles. The highest BCUT2D eigenvalue weighted by Gasteiger charge is 2.13. The minimum absolute atomic E-state index is 0.179. The summed E-state index contributed by atoms with van der Waals surface area (Å²) in [4.78, 5) is 12.2. The zero-order valence-electron chi connectivity index (χ0n) is 12.4. The molecular weight excluding hydrogens is 292 g/mol. The summed E-state index contributed by atoms with van der Waals surface area (Å²) in [6, 6.07) is 16.4. The maximum atomic E-state index is 12.2. The lowest BCUT2D eigenvalue weighted by molar-refractivity contribution is 0.0982. The number of phenolic OH excluding ortho intramolecular Hbond substituents is 3. The number of hydrogen-bond donors (Lipinski definition) is 3. The summed E-state index contributed by atoms with van der Waals surface area (Å²) in [6.07, 6.45) is 0.814. The lowest BCUT2D eigenvalue weighted by Gasteiger charge is -2.06. The molecule has 0 fully saturated rings. The van der Waals surface area contributed by atoms with Crippen molar-refractivity contribution in [3.05, 3.63) is 65.7 Å². The molecule has 0 aliphatic heterocycles. The molecule has 0 saturated carbocycles. The zero-order valence-corrected chi connectivity index (χ0v) is 12.4. The third-order valence-electron chi connectivity index (χ3n) is 3.85. The number of benzene rings is 3. The summed E-state index contributed by atoms with van der Waals surface area (Å²) in [7, 11) is 0. The molecule has 3 rings (SSSR count). The van der Waals surface area contributed by atoms with Crippen molar-refractivity contribution in [2.45, 2.75) is 12.8 Å². The van der Waals surface area contributed by atoms with Crippen LogP contribution in [0.2, 0.25) is 0 Å². The molecular formula is C19H16O4. The Morgan fingerprint density at radius 1 is 0.826 bits per heavy atom. The maximum absolute atomic E-state index is 12.2. The van der Waals surface area contributed by atoms with Gasteiger partial charge in [-0.25, -0.2) is 0 Å². The van der Waals surface area contributed by atoms with Gasteiger partial charge in [0.05, 0.1) is 0 Å². The van der Waals surface area contributed by atoms with E-state index in [4.69, 9.17) is 0 Å². The normalized spacial score (nSPS) is 10.8. The number of aryl methyl sites for hydroxylation is 1. The highest BCUT2D eigenvalue weighted by molar-refractivity contribution is 5.97. The van der Waals surface area contributed by atoms with Gasteiger partial charge in [-0.15, -0.1) is 0 Å². The molecule has 0 atom stereocenters. The molecule has 0 bridgehead atoms. The van der Waals surface area contributed by atoms with Crippen LogP contribution in [0.3, 0.4) is 0 Å². The van der Waals surface area contributed by atoms with Crippen molar-refractivity contribution in [1.29, 1.82) is 0 Å². The van der Waals surface area contributed by atoms with Crippen molar-refractivity contribution in [3.63, 3.8) is 0 Å². The van der Waals surface area contributed by atoms with E-state index in [0.717, 1.165) is 28.5 Å². The van der Waals surface area contributed by atoms with Gasteiger partial charge in [0.1, 0.15) is 0 Å². The molecule has 0 aliphatic carbocycles. The lowest BCUT2D eigenvalue weighted by atomic mass is 10.00. The predicted molar refractivity (Wildman–Crippen MR) is 88.0 cm³/mol. The van der Waals surface area contributed by atoms with Crippen LogP contribution in [0.15, 0.2) is 54.6 Å². The van der Waals surface area contributed by atoms with Crippen LogP contribution < -0.4 is 0 Å². The molecule has 4 heteroatoms. The van der Waals surface area contributed by atoms with E-state index in [1.807, 2.05) is 42.5 Å². The smallest absolute Gasteiger partial charge is 0.200 e.